The second kappa shape index (κ2) is 8.87. The average Bonchev–Trinajstić information content (AvgIpc) is 3.28. The topological polar surface area (TPSA) is 63.1 Å². The molecule has 3 fully saturated rings. The molecule has 1 amide bonds. The first-order valence-electron chi connectivity index (χ1n) is 11.7. The van der Waals surface area contributed by atoms with Gasteiger partial charge in [-0.15, -0.1) is 5.10 Å². The molecule has 0 radical (unpaired) electrons. The van der Waals surface area contributed by atoms with E-state index in [-0.39, 0.29) is 17.9 Å². The largest absolute Gasteiger partial charge is 0.354 e. The van der Waals surface area contributed by atoms with Crippen LogP contribution in [-0.2, 0) is 11.3 Å². The fourth-order valence-electron chi connectivity index (χ4n) is 5.22. The summed E-state index contributed by atoms with van der Waals surface area (Å²) >= 11 is 0. The second-order valence-corrected chi connectivity index (χ2v) is 9.47. The Morgan fingerprint density at radius 2 is 1.78 bits per heavy atom. The second-order valence-electron chi connectivity index (χ2n) is 9.47. The van der Waals surface area contributed by atoms with Gasteiger partial charge in [-0.1, -0.05) is 59.8 Å². The summed E-state index contributed by atoms with van der Waals surface area (Å²) in [5.41, 5.74) is 4.38. The molecule has 3 saturated heterocycles. The van der Waals surface area contributed by atoms with E-state index < -0.39 is 0 Å². The molecule has 4 atom stereocenters. The molecule has 0 saturated carbocycles. The van der Waals surface area contributed by atoms with Crippen LogP contribution >= 0.6 is 0 Å². The van der Waals surface area contributed by atoms with Gasteiger partial charge in [-0.05, 0) is 50.3 Å². The Bertz CT molecular complexity index is 1060. The fraction of sp³-hybridized carbons (Fsp3) is 0.423. The molecule has 2 aromatic carbocycles. The predicted molar refractivity (Wildman–Crippen MR) is 126 cm³/mol. The lowest BCUT2D eigenvalue weighted by atomic mass is 9.75. The van der Waals surface area contributed by atoms with Crippen molar-refractivity contribution in [3.8, 4) is 22.4 Å². The minimum absolute atomic E-state index is 0.122. The van der Waals surface area contributed by atoms with E-state index in [0.717, 1.165) is 43.7 Å². The van der Waals surface area contributed by atoms with Gasteiger partial charge >= 0.3 is 0 Å². The van der Waals surface area contributed by atoms with Gasteiger partial charge in [0.2, 0.25) is 5.91 Å². The molecule has 1 N–H and O–H groups in total. The Morgan fingerprint density at radius 3 is 2.47 bits per heavy atom. The van der Waals surface area contributed by atoms with Crippen LogP contribution in [0.5, 0.6) is 0 Å². The number of rotatable bonds is 6. The SMILES string of the molecule is CC(C)NC(=O)[C@@H]1CN2CC[C@@H]1C[C@@H]2Cn1cc(-c2ccc(-c3ccccc3)cc2)nn1. The van der Waals surface area contributed by atoms with Gasteiger partial charge in [0.15, 0.2) is 0 Å². The third-order valence-corrected chi connectivity index (χ3v) is 6.87. The lowest BCUT2D eigenvalue weighted by Gasteiger charge is -2.49. The number of hydrogen-bond acceptors (Lipinski definition) is 4. The number of fused-ring (bicyclic) bond motifs is 3. The smallest absolute Gasteiger partial charge is 0.224 e. The number of hydrogen-bond donors (Lipinski definition) is 1. The minimum atomic E-state index is 0.122. The third kappa shape index (κ3) is 4.32. The highest BCUT2D eigenvalue weighted by atomic mass is 16.2. The van der Waals surface area contributed by atoms with Gasteiger partial charge in [0.25, 0.3) is 0 Å². The molecule has 3 aromatic rings. The summed E-state index contributed by atoms with van der Waals surface area (Å²) in [6.07, 6.45) is 4.21. The maximum atomic E-state index is 12.6. The number of amides is 1. The van der Waals surface area contributed by atoms with E-state index >= 15 is 0 Å². The van der Waals surface area contributed by atoms with Gasteiger partial charge in [0.05, 0.1) is 18.7 Å². The van der Waals surface area contributed by atoms with Crippen LogP contribution in [-0.4, -0.2) is 51.0 Å². The summed E-state index contributed by atoms with van der Waals surface area (Å²) in [4.78, 5) is 15.0. The van der Waals surface area contributed by atoms with Crippen molar-refractivity contribution in [2.24, 2.45) is 11.8 Å². The van der Waals surface area contributed by atoms with Crippen LogP contribution in [0.15, 0.2) is 60.8 Å². The van der Waals surface area contributed by atoms with Crippen molar-refractivity contribution in [2.75, 3.05) is 13.1 Å². The van der Waals surface area contributed by atoms with Crippen LogP contribution in [0.3, 0.4) is 0 Å². The normalized spacial score (nSPS) is 24.6. The van der Waals surface area contributed by atoms with E-state index in [9.17, 15) is 4.79 Å². The number of carbonyl (C=O) groups excluding carboxylic acids is 1. The molecule has 2 bridgehead atoms. The summed E-state index contributed by atoms with van der Waals surface area (Å²) < 4.78 is 1.97. The summed E-state index contributed by atoms with van der Waals surface area (Å²) in [6.45, 7) is 6.81. The molecular weight excluding hydrogens is 398 g/mol. The molecule has 1 unspecified atom stereocenters. The van der Waals surface area contributed by atoms with Crippen LogP contribution in [0.1, 0.15) is 26.7 Å². The number of benzene rings is 2. The zero-order chi connectivity index (χ0) is 22.1. The van der Waals surface area contributed by atoms with E-state index in [2.05, 4.69) is 69.1 Å². The molecule has 1 aromatic heterocycles. The summed E-state index contributed by atoms with van der Waals surface area (Å²) in [5, 5.41) is 11.9. The first kappa shape index (κ1) is 20.9. The Balaban J connectivity index is 1.23. The van der Waals surface area contributed by atoms with Crippen molar-refractivity contribution in [3.63, 3.8) is 0 Å². The molecule has 0 spiro atoms. The molecule has 3 aliphatic rings. The third-order valence-electron chi connectivity index (χ3n) is 6.87. The van der Waals surface area contributed by atoms with Crippen molar-refractivity contribution in [2.45, 2.75) is 45.3 Å². The van der Waals surface area contributed by atoms with Gasteiger partial charge in [-0.3, -0.25) is 14.4 Å². The van der Waals surface area contributed by atoms with Crippen molar-refractivity contribution in [1.82, 2.24) is 25.2 Å². The number of aromatic nitrogens is 3. The Morgan fingerprint density at radius 1 is 1.06 bits per heavy atom. The summed E-state index contributed by atoms with van der Waals surface area (Å²) in [5.74, 6) is 0.809. The van der Waals surface area contributed by atoms with Gasteiger partial charge in [-0.25, -0.2) is 0 Å². The van der Waals surface area contributed by atoms with Crippen LogP contribution in [0.25, 0.3) is 22.4 Å². The Hall–Kier alpha value is -2.99. The monoisotopic (exact) mass is 429 g/mol. The molecule has 0 aliphatic carbocycles. The average molecular weight is 430 g/mol. The number of carbonyl (C=O) groups is 1. The minimum Gasteiger partial charge on any atom is -0.354 e. The van der Waals surface area contributed by atoms with Crippen molar-refractivity contribution in [3.05, 3.63) is 60.8 Å². The standard InChI is InChI=1S/C26H31N5O/c1-18(2)27-26(32)24-16-30-13-12-22(24)14-23(30)15-31-17-25(28-29-31)21-10-8-20(9-11-21)19-6-4-3-5-7-19/h3-11,17-18,22-24H,12-16H2,1-2H3,(H,27,32)/t22-,23-,24-/m1/s1. The zero-order valence-electron chi connectivity index (χ0n) is 18.8. The van der Waals surface area contributed by atoms with E-state index in [0.29, 0.717) is 12.0 Å². The van der Waals surface area contributed by atoms with Gasteiger partial charge < -0.3 is 5.32 Å². The molecule has 6 heteroatoms. The first-order valence-corrected chi connectivity index (χ1v) is 11.7. The molecule has 6 rings (SSSR count). The Kier molecular flexibility index (Phi) is 5.79. The highest BCUT2D eigenvalue weighted by Crippen LogP contribution is 2.37. The van der Waals surface area contributed by atoms with Crippen molar-refractivity contribution < 1.29 is 4.79 Å². The number of nitrogens with one attached hydrogen (secondary N) is 1. The lowest BCUT2D eigenvalue weighted by Crippen LogP contribution is -2.58. The lowest BCUT2D eigenvalue weighted by molar-refractivity contribution is -0.133. The van der Waals surface area contributed by atoms with Crippen LogP contribution in [0.4, 0.5) is 0 Å². The van der Waals surface area contributed by atoms with E-state index in [1.165, 1.54) is 11.1 Å². The van der Waals surface area contributed by atoms with E-state index in [1.54, 1.807) is 0 Å². The maximum absolute atomic E-state index is 12.6. The molecule has 3 aliphatic heterocycles. The quantitative estimate of drug-likeness (QED) is 0.647. The number of nitrogens with zero attached hydrogens (tertiary/aromatic N) is 4. The highest BCUT2D eigenvalue weighted by Gasteiger charge is 2.43. The van der Waals surface area contributed by atoms with Crippen LogP contribution < -0.4 is 5.32 Å². The molecule has 32 heavy (non-hydrogen) atoms. The number of piperidine rings is 3. The zero-order valence-corrected chi connectivity index (χ0v) is 18.8. The summed E-state index contributed by atoms with van der Waals surface area (Å²) in [7, 11) is 0. The predicted octanol–water partition coefficient (Wildman–Crippen LogP) is 3.85. The van der Waals surface area contributed by atoms with Crippen molar-refractivity contribution in [1.29, 1.82) is 0 Å². The van der Waals surface area contributed by atoms with Crippen LogP contribution in [0.2, 0.25) is 0 Å². The van der Waals surface area contributed by atoms with Gasteiger partial charge in [0, 0.05) is 24.2 Å². The van der Waals surface area contributed by atoms with E-state index in [1.807, 2.05) is 30.8 Å². The highest BCUT2D eigenvalue weighted by molar-refractivity contribution is 5.79. The van der Waals surface area contributed by atoms with E-state index in [4.69, 9.17) is 0 Å². The molecule has 166 valence electrons. The summed E-state index contributed by atoms with van der Waals surface area (Å²) in [6, 6.07) is 19.5. The van der Waals surface area contributed by atoms with Crippen molar-refractivity contribution >= 4 is 5.91 Å². The molecular formula is C26H31N5O. The maximum Gasteiger partial charge on any atom is 0.224 e. The first-order chi connectivity index (χ1) is 15.6. The Labute approximate surface area is 189 Å². The molecule has 6 nitrogen and oxygen atoms in total. The van der Waals surface area contributed by atoms with Gasteiger partial charge in [0.1, 0.15) is 5.69 Å². The van der Waals surface area contributed by atoms with Gasteiger partial charge in [-0.2, -0.15) is 0 Å². The van der Waals surface area contributed by atoms with Crippen LogP contribution in [0, 0.1) is 11.8 Å². The molecule has 4 heterocycles. The fourth-order valence-corrected chi connectivity index (χ4v) is 5.22.